The average molecular weight is 682 g/mol. The zero-order chi connectivity index (χ0) is 35.3. The molecule has 1 fully saturated rings. The van der Waals surface area contributed by atoms with E-state index in [1.54, 1.807) is 0 Å². The highest BCUT2D eigenvalue weighted by Gasteiger charge is 2.35. The molecule has 1 heterocycles. The van der Waals surface area contributed by atoms with Gasteiger partial charge in [0.2, 0.25) is 11.8 Å². The minimum Gasteiger partial charge on any atom is -0.338 e. The molecule has 4 aromatic rings. The van der Waals surface area contributed by atoms with E-state index in [2.05, 4.69) is 36.1 Å². The van der Waals surface area contributed by atoms with Crippen molar-refractivity contribution in [3.63, 3.8) is 0 Å². The molecule has 0 saturated carbocycles. The Hall–Kier alpha value is -4.69. The Morgan fingerprint density at radius 2 is 1.34 bits per heavy atom. The second-order valence-electron chi connectivity index (χ2n) is 13.0. The van der Waals surface area contributed by atoms with Gasteiger partial charge in [0, 0.05) is 51.8 Å². The Morgan fingerprint density at radius 1 is 0.740 bits per heavy atom. The van der Waals surface area contributed by atoms with Crippen LogP contribution in [0.3, 0.4) is 0 Å². The molecule has 0 aromatic heterocycles. The zero-order valence-corrected chi connectivity index (χ0v) is 28.7. The maximum absolute atomic E-state index is 14.5. The van der Waals surface area contributed by atoms with E-state index >= 15 is 0 Å². The summed E-state index contributed by atoms with van der Waals surface area (Å²) in [4.78, 5) is 34.4. The summed E-state index contributed by atoms with van der Waals surface area (Å²) in [5.41, 5.74) is 3.23. The molecule has 0 unspecified atom stereocenters. The number of piperazine rings is 1. The Morgan fingerprint density at radius 3 is 1.98 bits per heavy atom. The molecule has 2 amide bonds. The summed E-state index contributed by atoms with van der Waals surface area (Å²) in [6.07, 6.45) is 2.43. The number of nitrogens with zero attached hydrogens (tertiary/aromatic N) is 3. The number of carbonyl (C=O) groups is 2. The third-order valence-corrected chi connectivity index (χ3v) is 9.27. The topological polar surface area (TPSA) is 43.9 Å². The van der Waals surface area contributed by atoms with Gasteiger partial charge < -0.3 is 9.80 Å². The smallest absolute Gasteiger partial charge is 0.338 e. The lowest BCUT2D eigenvalue weighted by Crippen LogP contribution is -2.56. The normalized spacial score (nSPS) is 14.5. The summed E-state index contributed by atoms with van der Waals surface area (Å²) >= 11 is 0. The van der Waals surface area contributed by atoms with Crippen LogP contribution in [0.15, 0.2) is 115 Å². The number of amides is 2. The Bertz CT molecular complexity index is 1680. The van der Waals surface area contributed by atoms with Crippen LogP contribution in [0.5, 0.6) is 0 Å². The van der Waals surface area contributed by atoms with Crippen molar-refractivity contribution in [2.75, 3.05) is 26.2 Å². The van der Waals surface area contributed by atoms with Crippen LogP contribution < -0.4 is 0 Å². The first-order valence-electron chi connectivity index (χ1n) is 17.5. The molecule has 4 aromatic carbocycles. The lowest BCUT2D eigenvalue weighted by atomic mass is 10.0. The molecule has 8 heteroatoms. The van der Waals surface area contributed by atoms with Gasteiger partial charge in [0.1, 0.15) is 6.04 Å². The molecule has 0 N–H and O–H groups in total. The molecule has 1 aliphatic rings. The molecule has 50 heavy (non-hydrogen) atoms. The Labute approximate surface area is 294 Å². The molecular formula is C42H46F3N3O2. The first-order chi connectivity index (χ1) is 24.2. The van der Waals surface area contributed by atoms with Crippen LogP contribution in [0.4, 0.5) is 13.2 Å². The van der Waals surface area contributed by atoms with Gasteiger partial charge in [0.05, 0.1) is 5.56 Å². The van der Waals surface area contributed by atoms with Crippen LogP contribution in [0, 0.1) is 0 Å². The van der Waals surface area contributed by atoms with Gasteiger partial charge in [0.15, 0.2) is 0 Å². The molecule has 0 aliphatic carbocycles. The van der Waals surface area contributed by atoms with Crippen LogP contribution >= 0.6 is 0 Å². The van der Waals surface area contributed by atoms with Gasteiger partial charge in [0.25, 0.3) is 0 Å². The fourth-order valence-electron chi connectivity index (χ4n) is 6.43. The molecule has 262 valence electrons. The summed E-state index contributed by atoms with van der Waals surface area (Å²) in [5.74, 6) is -0.687. The first-order valence-corrected chi connectivity index (χ1v) is 17.5. The minimum atomic E-state index is -4.57. The molecule has 0 bridgehead atoms. The van der Waals surface area contributed by atoms with E-state index in [4.69, 9.17) is 0 Å². The second-order valence-corrected chi connectivity index (χ2v) is 13.0. The van der Waals surface area contributed by atoms with E-state index in [1.165, 1.54) is 46.4 Å². The van der Waals surface area contributed by atoms with Crippen LogP contribution in [0.2, 0.25) is 0 Å². The van der Waals surface area contributed by atoms with E-state index in [0.29, 0.717) is 26.2 Å². The number of alkyl halides is 3. The standard InChI is InChI=1S/C42H46F3N3O2/c1-2-3-6-13-33-20-22-36(23-21-33)32-48(40(49)25-24-37-18-11-12-19-38(37)42(43,44)45)39(30-34-14-7-4-8-15-34)41(50)47-28-26-46(27-29-47)31-35-16-9-5-10-17-35/h4-5,7-12,14-25,39H,2-3,6,13,26-32H2,1H3/t39-/m0/s1. The van der Waals surface area contributed by atoms with Crippen LogP contribution in [0.1, 0.15) is 59.6 Å². The highest BCUT2D eigenvalue weighted by molar-refractivity contribution is 5.96. The largest absolute Gasteiger partial charge is 0.416 e. The number of hydrogen-bond donors (Lipinski definition) is 0. The number of halogens is 3. The number of aryl methyl sites for hydroxylation is 1. The lowest BCUT2D eigenvalue weighted by molar-refractivity contribution is -0.145. The molecule has 1 atom stereocenters. The van der Waals surface area contributed by atoms with E-state index in [0.717, 1.165) is 49.4 Å². The van der Waals surface area contributed by atoms with Gasteiger partial charge in [-0.05, 0) is 52.8 Å². The van der Waals surface area contributed by atoms with Crippen LogP contribution in [-0.2, 0) is 41.7 Å². The van der Waals surface area contributed by atoms with Crippen LogP contribution in [0.25, 0.3) is 6.08 Å². The van der Waals surface area contributed by atoms with E-state index in [9.17, 15) is 22.8 Å². The van der Waals surface area contributed by atoms with Crippen LogP contribution in [-0.4, -0.2) is 58.7 Å². The molecule has 5 rings (SSSR count). The SMILES string of the molecule is CCCCCc1ccc(CN(C(=O)C=Cc2ccccc2C(F)(F)F)[C@@H](Cc2ccccc2)C(=O)N2CCN(Cc3ccccc3)CC2)cc1. The summed E-state index contributed by atoms with van der Waals surface area (Å²) in [6, 6.07) is 32.2. The van der Waals surface area contributed by atoms with E-state index in [-0.39, 0.29) is 24.4 Å². The predicted octanol–water partition coefficient (Wildman–Crippen LogP) is 8.44. The van der Waals surface area contributed by atoms with Crippen molar-refractivity contribution >= 4 is 17.9 Å². The van der Waals surface area contributed by atoms with Crippen molar-refractivity contribution < 1.29 is 22.8 Å². The number of unbranched alkanes of at least 4 members (excludes halogenated alkanes) is 2. The molecule has 0 spiro atoms. The van der Waals surface area contributed by atoms with Gasteiger partial charge in [-0.3, -0.25) is 14.5 Å². The molecule has 1 aliphatic heterocycles. The highest BCUT2D eigenvalue weighted by Crippen LogP contribution is 2.32. The summed E-state index contributed by atoms with van der Waals surface area (Å²) in [6.45, 7) is 5.51. The van der Waals surface area contributed by atoms with Gasteiger partial charge >= 0.3 is 6.18 Å². The van der Waals surface area contributed by atoms with Gasteiger partial charge in [-0.2, -0.15) is 13.2 Å². The summed E-state index contributed by atoms with van der Waals surface area (Å²) < 4.78 is 41.4. The number of benzene rings is 4. The van der Waals surface area contributed by atoms with Gasteiger partial charge in [-0.25, -0.2) is 0 Å². The third-order valence-electron chi connectivity index (χ3n) is 9.27. The molecule has 0 radical (unpaired) electrons. The Balaban J connectivity index is 1.43. The third kappa shape index (κ3) is 10.4. The second kappa shape index (κ2) is 17.8. The Kier molecular flexibility index (Phi) is 13.0. The number of rotatable bonds is 14. The van der Waals surface area contributed by atoms with Crippen molar-refractivity contribution in [1.82, 2.24) is 14.7 Å². The molecule has 1 saturated heterocycles. The highest BCUT2D eigenvalue weighted by atomic mass is 19.4. The molecular weight excluding hydrogens is 635 g/mol. The first kappa shape index (κ1) is 36.6. The number of carbonyl (C=O) groups excluding carboxylic acids is 2. The van der Waals surface area contributed by atoms with Crippen molar-refractivity contribution in [3.05, 3.63) is 149 Å². The monoisotopic (exact) mass is 681 g/mol. The van der Waals surface area contributed by atoms with E-state index < -0.39 is 23.7 Å². The fraction of sp³-hybridized carbons (Fsp3) is 0.333. The number of hydrogen-bond acceptors (Lipinski definition) is 3. The zero-order valence-electron chi connectivity index (χ0n) is 28.7. The fourth-order valence-corrected chi connectivity index (χ4v) is 6.43. The average Bonchev–Trinajstić information content (AvgIpc) is 3.13. The minimum absolute atomic E-state index is 0.106. The predicted molar refractivity (Wildman–Crippen MR) is 193 cm³/mol. The van der Waals surface area contributed by atoms with Gasteiger partial charge in [-0.1, -0.05) is 123 Å². The van der Waals surface area contributed by atoms with Gasteiger partial charge in [-0.15, -0.1) is 0 Å². The van der Waals surface area contributed by atoms with Crippen molar-refractivity contribution in [1.29, 1.82) is 0 Å². The maximum Gasteiger partial charge on any atom is 0.416 e. The van der Waals surface area contributed by atoms with Crippen molar-refractivity contribution in [2.45, 2.75) is 64.3 Å². The lowest BCUT2D eigenvalue weighted by Gasteiger charge is -2.39. The quantitative estimate of drug-likeness (QED) is 0.0992. The maximum atomic E-state index is 14.5. The van der Waals surface area contributed by atoms with Crippen molar-refractivity contribution in [3.8, 4) is 0 Å². The summed E-state index contributed by atoms with van der Waals surface area (Å²) in [7, 11) is 0. The van der Waals surface area contributed by atoms with Crippen molar-refractivity contribution in [2.24, 2.45) is 0 Å². The summed E-state index contributed by atoms with van der Waals surface area (Å²) in [5, 5.41) is 0. The molecule has 5 nitrogen and oxygen atoms in total. The van der Waals surface area contributed by atoms with E-state index in [1.807, 2.05) is 65.6 Å².